The highest BCUT2D eigenvalue weighted by molar-refractivity contribution is 6.02. The molecule has 0 amide bonds. The lowest BCUT2D eigenvalue weighted by Gasteiger charge is -2.48. The van der Waals surface area contributed by atoms with Gasteiger partial charge in [-0.2, -0.15) is 0 Å². The average molecular weight is 455 g/mol. The summed E-state index contributed by atoms with van der Waals surface area (Å²) in [7, 11) is 0. The number of carbonyl (C=O) groups is 4. The van der Waals surface area contributed by atoms with Gasteiger partial charge < -0.3 is 28.7 Å². The predicted molar refractivity (Wildman–Crippen MR) is 115 cm³/mol. The molecule has 0 aromatic carbocycles. The summed E-state index contributed by atoms with van der Waals surface area (Å²) in [5, 5.41) is 0. The summed E-state index contributed by atoms with van der Waals surface area (Å²) in [6.07, 6.45) is 0.443. The molecule has 10 heteroatoms. The van der Waals surface area contributed by atoms with Crippen LogP contribution in [0.1, 0.15) is 48.5 Å². The molecule has 0 spiro atoms. The first kappa shape index (κ1) is 27.0. The van der Waals surface area contributed by atoms with Crippen molar-refractivity contribution in [2.24, 2.45) is 0 Å². The Morgan fingerprint density at radius 1 is 0.812 bits per heavy atom. The second-order valence-electron chi connectivity index (χ2n) is 6.71. The van der Waals surface area contributed by atoms with Crippen LogP contribution in [-0.2, 0) is 38.1 Å². The first-order valence-electron chi connectivity index (χ1n) is 10.9. The van der Waals surface area contributed by atoms with Gasteiger partial charge in [0.25, 0.3) is 0 Å². The maximum Gasteiger partial charge on any atom is 0.355 e. The molecule has 1 aliphatic rings. The van der Waals surface area contributed by atoms with Crippen LogP contribution in [0.3, 0.4) is 0 Å². The summed E-state index contributed by atoms with van der Waals surface area (Å²) >= 11 is 0. The van der Waals surface area contributed by atoms with Crippen molar-refractivity contribution in [1.29, 1.82) is 0 Å². The van der Waals surface area contributed by atoms with E-state index in [0.717, 1.165) is 6.08 Å². The molecule has 10 nitrogen and oxygen atoms in total. The molecule has 1 rings (SSSR count). The van der Waals surface area contributed by atoms with E-state index < -0.39 is 36.1 Å². The summed E-state index contributed by atoms with van der Waals surface area (Å²) in [6.45, 7) is 12.5. The van der Waals surface area contributed by atoms with Gasteiger partial charge in [0.1, 0.15) is 11.4 Å². The highest BCUT2D eigenvalue weighted by Gasteiger charge is 2.45. The van der Waals surface area contributed by atoms with Gasteiger partial charge in [0.05, 0.1) is 50.3 Å². The van der Waals surface area contributed by atoms with Crippen LogP contribution in [0, 0.1) is 0 Å². The highest BCUT2D eigenvalue weighted by atomic mass is 16.5. The monoisotopic (exact) mass is 454 g/mol. The molecule has 2 atom stereocenters. The molecule has 1 heterocycles. The highest BCUT2D eigenvalue weighted by Crippen LogP contribution is 2.34. The molecule has 0 saturated carbocycles. The number of rotatable bonds is 10. The second-order valence-corrected chi connectivity index (χ2v) is 6.71. The molecule has 1 aliphatic heterocycles. The smallest absolute Gasteiger partial charge is 0.355 e. The van der Waals surface area contributed by atoms with Crippen LogP contribution < -0.4 is 0 Å². The summed E-state index contributed by atoms with van der Waals surface area (Å²) in [5.41, 5.74) is 0.0150. The van der Waals surface area contributed by atoms with E-state index >= 15 is 0 Å². The van der Waals surface area contributed by atoms with Crippen molar-refractivity contribution in [1.82, 2.24) is 9.80 Å². The SMILES string of the molecule is CCOC(=O)/C=C(\C(=O)OCC)N1C(C)C(C(=O)OCC)=C(C(=O)OCC)N(CC)C1C. The minimum Gasteiger partial charge on any atom is -0.463 e. The standard InChI is InChI=1S/C22H34N2O8/c1-8-23-15(7)24(16(20(26)30-10-3)13-17(25)29-9-2)14(6)18(21(27)31-11-4)19(23)22(28)32-12-5/h13-15H,8-12H2,1-7H3/b16-13+. The van der Waals surface area contributed by atoms with Crippen molar-refractivity contribution in [3.63, 3.8) is 0 Å². The lowest BCUT2D eigenvalue weighted by atomic mass is 9.97. The predicted octanol–water partition coefficient (Wildman–Crippen LogP) is 1.75. The van der Waals surface area contributed by atoms with Crippen LogP contribution >= 0.6 is 0 Å². The fraction of sp³-hybridized carbons (Fsp3) is 0.636. The van der Waals surface area contributed by atoms with Gasteiger partial charge in [0.15, 0.2) is 0 Å². The van der Waals surface area contributed by atoms with Crippen LogP contribution in [0.5, 0.6) is 0 Å². The Labute approximate surface area is 189 Å². The van der Waals surface area contributed by atoms with Gasteiger partial charge in [0.2, 0.25) is 0 Å². The number of carbonyl (C=O) groups excluding carboxylic acids is 4. The van der Waals surface area contributed by atoms with E-state index in [1.165, 1.54) is 0 Å². The molecule has 32 heavy (non-hydrogen) atoms. The van der Waals surface area contributed by atoms with Gasteiger partial charge in [-0.15, -0.1) is 0 Å². The first-order chi connectivity index (χ1) is 15.2. The summed E-state index contributed by atoms with van der Waals surface area (Å²) < 4.78 is 20.5. The van der Waals surface area contributed by atoms with Crippen molar-refractivity contribution in [2.45, 2.75) is 60.7 Å². The molecule has 0 fully saturated rings. The topological polar surface area (TPSA) is 112 Å². The lowest BCUT2D eigenvalue weighted by Crippen LogP contribution is -2.58. The molecule has 180 valence electrons. The van der Waals surface area contributed by atoms with Gasteiger partial charge in [0, 0.05) is 6.54 Å². The van der Waals surface area contributed by atoms with Crippen molar-refractivity contribution >= 4 is 23.9 Å². The number of ether oxygens (including phenoxy) is 4. The largest absolute Gasteiger partial charge is 0.463 e. The van der Waals surface area contributed by atoms with E-state index in [0.29, 0.717) is 6.54 Å². The third kappa shape index (κ3) is 6.02. The number of hydrogen-bond acceptors (Lipinski definition) is 10. The average Bonchev–Trinajstić information content (AvgIpc) is 2.73. The maximum absolute atomic E-state index is 12.9. The Morgan fingerprint density at radius 3 is 1.84 bits per heavy atom. The Bertz CT molecular complexity index is 774. The molecular formula is C22H34N2O8. The van der Waals surface area contributed by atoms with Crippen molar-refractivity contribution in [2.75, 3.05) is 33.0 Å². The number of hydrogen-bond donors (Lipinski definition) is 0. The minimum absolute atomic E-state index is 0.0318. The fourth-order valence-corrected chi connectivity index (χ4v) is 3.63. The van der Waals surface area contributed by atoms with Crippen LogP contribution in [0.25, 0.3) is 0 Å². The fourth-order valence-electron chi connectivity index (χ4n) is 3.63. The lowest BCUT2D eigenvalue weighted by molar-refractivity contribution is -0.148. The molecule has 0 aromatic rings. The Hall–Kier alpha value is -3.04. The van der Waals surface area contributed by atoms with Crippen molar-refractivity contribution in [3.8, 4) is 0 Å². The Kier molecular flexibility index (Phi) is 10.7. The van der Waals surface area contributed by atoms with E-state index in [2.05, 4.69) is 0 Å². The van der Waals surface area contributed by atoms with Crippen molar-refractivity contribution in [3.05, 3.63) is 23.0 Å². The second kappa shape index (κ2) is 12.7. The third-order valence-corrected chi connectivity index (χ3v) is 4.84. The molecule has 0 aliphatic carbocycles. The van der Waals surface area contributed by atoms with E-state index in [1.807, 2.05) is 0 Å². The number of likely N-dealkylation sites (N-methyl/N-ethyl adjacent to an activating group) is 1. The van der Waals surface area contributed by atoms with E-state index in [1.54, 1.807) is 58.3 Å². The van der Waals surface area contributed by atoms with Crippen molar-refractivity contribution < 1.29 is 38.1 Å². The van der Waals surface area contributed by atoms with Crippen LogP contribution in [0.4, 0.5) is 0 Å². The van der Waals surface area contributed by atoms with Crippen LogP contribution in [-0.4, -0.2) is 78.9 Å². The molecule has 0 N–H and O–H groups in total. The Balaban J connectivity index is 3.75. The first-order valence-corrected chi connectivity index (χ1v) is 10.9. The van der Waals surface area contributed by atoms with Crippen LogP contribution in [0.15, 0.2) is 23.0 Å². The molecule has 0 bridgehead atoms. The molecule has 2 unspecified atom stereocenters. The third-order valence-electron chi connectivity index (χ3n) is 4.84. The van der Waals surface area contributed by atoms with Gasteiger partial charge >= 0.3 is 23.9 Å². The van der Waals surface area contributed by atoms with E-state index in [4.69, 9.17) is 18.9 Å². The molecule has 0 saturated heterocycles. The quantitative estimate of drug-likeness (QED) is 0.275. The van der Waals surface area contributed by atoms with E-state index in [-0.39, 0.29) is 43.4 Å². The van der Waals surface area contributed by atoms with Gasteiger partial charge in [-0.1, -0.05) is 0 Å². The van der Waals surface area contributed by atoms with Gasteiger partial charge in [-0.3, -0.25) is 0 Å². The zero-order chi connectivity index (χ0) is 24.4. The number of nitrogens with zero attached hydrogens (tertiary/aromatic N) is 2. The minimum atomic E-state index is -0.809. The zero-order valence-electron chi connectivity index (χ0n) is 19.9. The van der Waals surface area contributed by atoms with Gasteiger partial charge in [-0.25, -0.2) is 19.2 Å². The molecule has 0 aromatic heterocycles. The maximum atomic E-state index is 12.9. The summed E-state index contributed by atoms with van der Waals surface area (Å²) in [6, 6.07) is -0.809. The summed E-state index contributed by atoms with van der Waals surface area (Å²) in [4.78, 5) is 53.9. The van der Waals surface area contributed by atoms with Gasteiger partial charge in [-0.05, 0) is 48.5 Å². The Morgan fingerprint density at radius 2 is 1.34 bits per heavy atom. The molecular weight excluding hydrogens is 420 g/mol. The molecule has 0 radical (unpaired) electrons. The number of esters is 4. The normalized spacial score (nSPS) is 18.9. The summed E-state index contributed by atoms with van der Waals surface area (Å²) in [5.74, 6) is -2.85. The van der Waals surface area contributed by atoms with E-state index in [9.17, 15) is 19.2 Å². The van der Waals surface area contributed by atoms with Crippen LogP contribution in [0.2, 0.25) is 0 Å². The zero-order valence-corrected chi connectivity index (χ0v) is 19.9.